The molecule has 0 bridgehead atoms. The summed E-state index contributed by atoms with van der Waals surface area (Å²) in [7, 11) is 0. The van der Waals surface area contributed by atoms with Gasteiger partial charge in [-0.25, -0.2) is 0 Å². The zero-order valence-corrected chi connectivity index (χ0v) is 11.0. The lowest BCUT2D eigenvalue weighted by Gasteiger charge is -2.14. The second kappa shape index (κ2) is 4.63. The van der Waals surface area contributed by atoms with Gasteiger partial charge in [0.15, 0.2) is 0 Å². The quantitative estimate of drug-likeness (QED) is 0.790. The third-order valence-corrected chi connectivity index (χ3v) is 3.35. The summed E-state index contributed by atoms with van der Waals surface area (Å²) in [6.45, 7) is 1.68. The molecule has 1 heterocycles. The van der Waals surface area contributed by atoms with E-state index < -0.39 is 0 Å². The summed E-state index contributed by atoms with van der Waals surface area (Å²) < 4.78 is 6.89. The topological polar surface area (TPSA) is 29.5 Å². The number of carbonyl (C=O) groups excluding carboxylic acids is 1. The Bertz CT molecular complexity index is 389. The lowest BCUT2D eigenvalue weighted by atomic mass is 10.2. The summed E-state index contributed by atoms with van der Waals surface area (Å²) in [5.74, 6) is 0.00637. The first kappa shape index (κ1) is 11.1. The molecule has 1 aliphatic rings. The maximum atomic E-state index is 12.0. The van der Waals surface area contributed by atoms with Crippen LogP contribution in [0.4, 0.5) is 0 Å². The largest absolute Gasteiger partial charge is 0.359 e. The fourth-order valence-corrected chi connectivity index (χ4v) is 2.62. The maximum Gasteiger partial charge on any atom is 0.256 e. The Hall–Kier alpha value is -0.390. The molecule has 0 radical (unpaired) electrons. The molecular formula is C10H9Br2NO2. The summed E-state index contributed by atoms with van der Waals surface area (Å²) >= 11 is 6.73. The van der Waals surface area contributed by atoms with Crippen LogP contribution in [0, 0.1) is 0 Å². The second-order valence-electron chi connectivity index (χ2n) is 3.23. The number of carbonyl (C=O) groups is 1. The molecular weight excluding hydrogens is 326 g/mol. The molecule has 1 aromatic carbocycles. The highest BCUT2D eigenvalue weighted by atomic mass is 79.9. The van der Waals surface area contributed by atoms with Crippen molar-refractivity contribution in [1.29, 1.82) is 0 Å². The Morgan fingerprint density at radius 2 is 2.20 bits per heavy atom. The van der Waals surface area contributed by atoms with E-state index in [1.165, 1.54) is 0 Å². The van der Waals surface area contributed by atoms with Crippen LogP contribution in [0.3, 0.4) is 0 Å². The Balaban J connectivity index is 2.24. The smallest absolute Gasteiger partial charge is 0.256 e. The third kappa shape index (κ3) is 2.41. The predicted octanol–water partition coefficient (Wildman–Crippen LogP) is 2.64. The number of hydrogen-bond donors (Lipinski definition) is 0. The number of ether oxygens (including phenoxy) is 1. The number of nitrogens with zero attached hydrogens (tertiary/aromatic N) is 1. The number of halogens is 2. The van der Waals surface area contributed by atoms with Crippen LogP contribution in [-0.2, 0) is 4.74 Å². The van der Waals surface area contributed by atoms with E-state index in [1.807, 2.05) is 12.1 Å². The van der Waals surface area contributed by atoms with Crippen LogP contribution in [0.25, 0.3) is 0 Å². The zero-order chi connectivity index (χ0) is 10.8. The van der Waals surface area contributed by atoms with Crippen molar-refractivity contribution in [2.45, 2.75) is 0 Å². The van der Waals surface area contributed by atoms with Crippen LogP contribution < -0.4 is 0 Å². The Morgan fingerprint density at radius 3 is 2.80 bits per heavy atom. The molecule has 0 atom stereocenters. The van der Waals surface area contributed by atoms with Gasteiger partial charge >= 0.3 is 0 Å². The first-order valence-corrected chi connectivity index (χ1v) is 6.09. The lowest BCUT2D eigenvalue weighted by molar-refractivity contribution is 0.0694. The van der Waals surface area contributed by atoms with Gasteiger partial charge in [-0.3, -0.25) is 4.79 Å². The molecule has 80 valence electrons. The molecule has 0 aromatic heterocycles. The highest BCUT2D eigenvalue weighted by Gasteiger charge is 2.21. The SMILES string of the molecule is O=C(c1ccc(Br)cc1Br)N1CCOC1. The van der Waals surface area contributed by atoms with E-state index in [-0.39, 0.29) is 5.91 Å². The van der Waals surface area contributed by atoms with Crippen LogP contribution in [0.15, 0.2) is 27.1 Å². The van der Waals surface area contributed by atoms with Gasteiger partial charge in [-0.05, 0) is 34.1 Å². The van der Waals surface area contributed by atoms with E-state index in [2.05, 4.69) is 31.9 Å². The zero-order valence-electron chi connectivity index (χ0n) is 7.87. The van der Waals surface area contributed by atoms with Gasteiger partial charge in [-0.15, -0.1) is 0 Å². The molecule has 0 N–H and O–H groups in total. The average Bonchev–Trinajstić information content (AvgIpc) is 2.69. The van der Waals surface area contributed by atoms with Gasteiger partial charge in [0.2, 0.25) is 0 Å². The Labute approximate surface area is 105 Å². The molecule has 1 aromatic rings. The van der Waals surface area contributed by atoms with Crippen molar-refractivity contribution in [2.75, 3.05) is 19.9 Å². The van der Waals surface area contributed by atoms with Crippen molar-refractivity contribution < 1.29 is 9.53 Å². The molecule has 5 heteroatoms. The first-order valence-electron chi connectivity index (χ1n) is 4.50. The van der Waals surface area contributed by atoms with Crippen LogP contribution in [0.2, 0.25) is 0 Å². The maximum absolute atomic E-state index is 12.0. The van der Waals surface area contributed by atoms with Gasteiger partial charge in [-0.2, -0.15) is 0 Å². The molecule has 1 amide bonds. The average molecular weight is 335 g/mol. The minimum absolute atomic E-state index is 0.00637. The predicted molar refractivity (Wildman–Crippen MR) is 63.7 cm³/mol. The molecule has 3 nitrogen and oxygen atoms in total. The van der Waals surface area contributed by atoms with Gasteiger partial charge in [0.1, 0.15) is 6.73 Å². The van der Waals surface area contributed by atoms with E-state index >= 15 is 0 Å². The molecule has 1 fully saturated rings. The molecule has 0 aliphatic carbocycles. The van der Waals surface area contributed by atoms with Crippen molar-refractivity contribution in [3.63, 3.8) is 0 Å². The minimum atomic E-state index is 0.00637. The van der Waals surface area contributed by atoms with Crippen molar-refractivity contribution >= 4 is 37.8 Å². The van der Waals surface area contributed by atoms with Gasteiger partial charge in [-0.1, -0.05) is 15.9 Å². The van der Waals surface area contributed by atoms with Gasteiger partial charge in [0, 0.05) is 15.5 Å². The molecule has 2 rings (SSSR count). The monoisotopic (exact) mass is 333 g/mol. The fraction of sp³-hybridized carbons (Fsp3) is 0.300. The molecule has 1 aliphatic heterocycles. The molecule has 0 saturated carbocycles. The highest BCUT2D eigenvalue weighted by Crippen LogP contribution is 2.23. The third-order valence-electron chi connectivity index (χ3n) is 2.20. The summed E-state index contributed by atoms with van der Waals surface area (Å²) in [5, 5.41) is 0. The first-order chi connectivity index (χ1) is 7.18. The van der Waals surface area contributed by atoms with E-state index in [0.717, 1.165) is 8.95 Å². The highest BCUT2D eigenvalue weighted by molar-refractivity contribution is 9.11. The standard InChI is InChI=1S/C10H9Br2NO2/c11-7-1-2-8(9(12)5-7)10(14)13-3-4-15-6-13/h1-2,5H,3-4,6H2. The number of amides is 1. The van der Waals surface area contributed by atoms with Crippen LogP contribution in [0.5, 0.6) is 0 Å². The fourth-order valence-electron chi connectivity index (χ4n) is 1.41. The summed E-state index contributed by atoms with van der Waals surface area (Å²) in [6, 6.07) is 5.52. The molecule has 0 spiro atoms. The van der Waals surface area contributed by atoms with E-state index in [0.29, 0.717) is 25.4 Å². The van der Waals surface area contributed by atoms with Crippen molar-refractivity contribution in [2.24, 2.45) is 0 Å². The van der Waals surface area contributed by atoms with Crippen molar-refractivity contribution in [1.82, 2.24) is 4.90 Å². The Morgan fingerprint density at radius 1 is 1.40 bits per heavy atom. The van der Waals surface area contributed by atoms with Gasteiger partial charge in [0.05, 0.1) is 12.2 Å². The lowest BCUT2D eigenvalue weighted by Crippen LogP contribution is -2.28. The van der Waals surface area contributed by atoms with Crippen LogP contribution in [-0.4, -0.2) is 30.7 Å². The Kier molecular flexibility index (Phi) is 3.43. The number of hydrogen-bond acceptors (Lipinski definition) is 2. The number of rotatable bonds is 1. The van der Waals surface area contributed by atoms with E-state index in [9.17, 15) is 4.79 Å². The summed E-state index contributed by atoms with van der Waals surface area (Å²) in [4.78, 5) is 13.7. The van der Waals surface area contributed by atoms with Crippen molar-refractivity contribution in [3.8, 4) is 0 Å². The second-order valence-corrected chi connectivity index (χ2v) is 5.00. The van der Waals surface area contributed by atoms with Crippen LogP contribution in [0.1, 0.15) is 10.4 Å². The van der Waals surface area contributed by atoms with Gasteiger partial charge in [0.25, 0.3) is 5.91 Å². The molecule has 15 heavy (non-hydrogen) atoms. The minimum Gasteiger partial charge on any atom is -0.359 e. The van der Waals surface area contributed by atoms with Gasteiger partial charge < -0.3 is 9.64 Å². The van der Waals surface area contributed by atoms with Crippen molar-refractivity contribution in [3.05, 3.63) is 32.7 Å². The molecule has 0 unspecified atom stereocenters. The number of benzene rings is 1. The summed E-state index contributed by atoms with van der Waals surface area (Å²) in [5.41, 5.74) is 0.670. The summed E-state index contributed by atoms with van der Waals surface area (Å²) in [6.07, 6.45) is 0. The van der Waals surface area contributed by atoms with E-state index in [1.54, 1.807) is 11.0 Å². The molecule has 1 saturated heterocycles. The van der Waals surface area contributed by atoms with E-state index in [4.69, 9.17) is 4.74 Å². The normalized spacial score (nSPS) is 15.7. The van der Waals surface area contributed by atoms with Crippen LogP contribution >= 0.6 is 31.9 Å².